The van der Waals surface area contributed by atoms with Crippen LogP contribution in [0, 0.1) is 0 Å². The molecule has 266 valence electrons. The molecule has 11 heteroatoms. The Morgan fingerprint density at radius 1 is 0.887 bits per heavy atom. The molecule has 2 aromatic heterocycles. The van der Waals surface area contributed by atoms with E-state index >= 15 is 0 Å². The molecule has 1 atom stereocenters. The molecule has 0 bridgehead atoms. The molecule has 0 saturated carbocycles. The van der Waals surface area contributed by atoms with Crippen molar-refractivity contribution in [2.24, 2.45) is 4.99 Å². The first-order chi connectivity index (χ1) is 25.7. The molecule has 0 fully saturated rings. The van der Waals surface area contributed by atoms with Gasteiger partial charge in [0.05, 0.1) is 46.3 Å². The highest BCUT2D eigenvalue weighted by Gasteiger charge is 2.33. The van der Waals surface area contributed by atoms with Crippen molar-refractivity contribution in [3.63, 3.8) is 0 Å². The van der Waals surface area contributed by atoms with Crippen molar-refractivity contribution < 1.29 is 23.8 Å². The van der Waals surface area contributed by atoms with Gasteiger partial charge in [-0.05, 0) is 86.5 Å². The summed E-state index contributed by atoms with van der Waals surface area (Å²) in [7, 11) is 1.31. The number of hydrogen-bond donors (Lipinski definition) is 0. The van der Waals surface area contributed by atoms with E-state index < -0.39 is 18.0 Å². The Bertz CT molecular complexity index is 2500. The van der Waals surface area contributed by atoms with Gasteiger partial charge in [-0.1, -0.05) is 72.0 Å². The third-order valence-corrected chi connectivity index (χ3v) is 9.63. The molecule has 0 spiro atoms. The number of thiazole rings is 1. The molecule has 0 radical (unpaired) electrons. The summed E-state index contributed by atoms with van der Waals surface area (Å²) < 4.78 is 20.3. The Labute approximate surface area is 309 Å². The number of nitrogens with zero attached hydrogens (tertiary/aromatic N) is 4. The molecular weight excluding hydrogens is 689 g/mol. The average molecular weight is 725 g/mol. The Balaban J connectivity index is 1.35. The Morgan fingerprint density at radius 2 is 1.57 bits per heavy atom. The maximum atomic E-state index is 14.5. The van der Waals surface area contributed by atoms with Gasteiger partial charge in [-0.2, -0.15) is 5.10 Å². The van der Waals surface area contributed by atoms with Gasteiger partial charge in [-0.3, -0.25) is 9.36 Å². The number of hydrogen-bond acceptors (Lipinski definition) is 9. The van der Waals surface area contributed by atoms with Gasteiger partial charge in [-0.15, -0.1) is 0 Å². The molecule has 7 rings (SSSR count). The number of aromatic nitrogens is 3. The summed E-state index contributed by atoms with van der Waals surface area (Å²) in [6.07, 6.45) is 3.74. The summed E-state index contributed by atoms with van der Waals surface area (Å²) in [4.78, 5) is 45.9. The number of fused-ring (bicyclic) bond motifs is 1. The van der Waals surface area contributed by atoms with Crippen LogP contribution in [0.15, 0.2) is 136 Å². The largest absolute Gasteiger partial charge is 0.491 e. The van der Waals surface area contributed by atoms with Gasteiger partial charge >= 0.3 is 11.9 Å². The summed E-state index contributed by atoms with van der Waals surface area (Å²) in [6.45, 7) is 5.74. The number of para-hydroxylation sites is 1. The summed E-state index contributed by atoms with van der Waals surface area (Å²) >= 11 is 1.22. The van der Waals surface area contributed by atoms with E-state index in [0.717, 1.165) is 22.6 Å². The van der Waals surface area contributed by atoms with Crippen molar-refractivity contribution in [2.75, 3.05) is 7.11 Å². The highest BCUT2D eigenvalue weighted by molar-refractivity contribution is 7.07. The van der Waals surface area contributed by atoms with Gasteiger partial charge in [0, 0.05) is 17.3 Å². The lowest BCUT2D eigenvalue weighted by atomic mass is 9.95. The van der Waals surface area contributed by atoms with E-state index in [9.17, 15) is 14.4 Å². The van der Waals surface area contributed by atoms with Gasteiger partial charge in [0.2, 0.25) is 0 Å². The SMILES string of the molecule is COC(=O)c1ccc(C2C(C(=O)OCc3ccccc3)=C(C)N=c3sc(=Cc4cn(-c5ccccc5)nc4-c4ccc(OC(C)C)cc4)c(=O)n32)cc1. The van der Waals surface area contributed by atoms with Gasteiger partial charge in [-0.25, -0.2) is 19.3 Å². The van der Waals surface area contributed by atoms with Gasteiger partial charge < -0.3 is 14.2 Å². The van der Waals surface area contributed by atoms with Crippen LogP contribution in [-0.2, 0) is 20.9 Å². The number of rotatable bonds is 10. The first kappa shape index (κ1) is 35.1. The van der Waals surface area contributed by atoms with Crippen LogP contribution < -0.4 is 19.6 Å². The zero-order chi connectivity index (χ0) is 37.1. The van der Waals surface area contributed by atoms with Crippen molar-refractivity contribution in [2.45, 2.75) is 39.5 Å². The molecular formula is C42H36N4O6S. The Morgan fingerprint density at radius 3 is 2.23 bits per heavy atom. The minimum absolute atomic E-state index is 0.0317. The lowest BCUT2D eigenvalue weighted by Gasteiger charge is -2.25. The predicted octanol–water partition coefficient (Wildman–Crippen LogP) is 6.41. The molecule has 10 nitrogen and oxygen atoms in total. The van der Waals surface area contributed by atoms with Gasteiger partial charge in [0.1, 0.15) is 18.1 Å². The van der Waals surface area contributed by atoms with Crippen LogP contribution in [0.5, 0.6) is 5.75 Å². The second-order valence-electron chi connectivity index (χ2n) is 12.7. The van der Waals surface area contributed by atoms with E-state index in [-0.39, 0.29) is 23.8 Å². The highest BCUT2D eigenvalue weighted by atomic mass is 32.1. The first-order valence-electron chi connectivity index (χ1n) is 17.0. The number of carbonyl (C=O) groups is 2. The monoisotopic (exact) mass is 724 g/mol. The van der Waals surface area contributed by atoms with Crippen LogP contribution in [-0.4, -0.2) is 39.5 Å². The maximum Gasteiger partial charge on any atom is 0.338 e. The highest BCUT2D eigenvalue weighted by Crippen LogP contribution is 2.32. The quantitative estimate of drug-likeness (QED) is 0.150. The minimum atomic E-state index is -0.872. The summed E-state index contributed by atoms with van der Waals surface area (Å²) in [5.41, 5.74) is 5.18. The number of esters is 2. The van der Waals surface area contributed by atoms with Gasteiger partial charge in [0.25, 0.3) is 5.56 Å². The van der Waals surface area contributed by atoms with E-state index in [1.807, 2.05) is 111 Å². The summed E-state index contributed by atoms with van der Waals surface area (Å²) in [6, 6.07) is 32.6. The molecule has 0 aliphatic carbocycles. The van der Waals surface area contributed by atoms with E-state index in [2.05, 4.69) is 0 Å². The van der Waals surface area contributed by atoms with Gasteiger partial charge in [0.15, 0.2) is 4.80 Å². The normalized spacial score (nSPS) is 14.1. The van der Waals surface area contributed by atoms with E-state index in [4.69, 9.17) is 24.3 Å². The average Bonchev–Trinajstić information content (AvgIpc) is 3.74. The van der Waals surface area contributed by atoms with E-state index in [1.54, 1.807) is 35.9 Å². The number of benzene rings is 4. The summed E-state index contributed by atoms with van der Waals surface area (Å²) in [5, 5.41) is 4.94. The fraction of sp³-hybridized carbons (Fsp3) is 0.167. The third kappa shape index (κ3) is 7.38. The molecule has 0 saturated heterocycles. The zero-order valence-electron chi connectivity index (χ0n) is 29.6. The van der Waals surface area contributed by atoms with Crippen molar-refractivity contribution in [3.8, 4) is 22.7 Å². The fourth-order valence-corrected chi connectivity index (χ4v) is 7.19. The number of ether oxygens (including phenoxy) is 3. The lowest BCUT2D eigenvalue weighted by molar-refractivity contribution is -0.140. The maximum absolute atomic E-state index is 14.5. The van der Waals surface area contributed by atoms with Crippen LogP contribution in [0.1, 0.15) is 53.9 Å². The standard InChI is InChI=1S/C42H36N4O6S/c1-26(2)52-34-21-19-29(20-22-34)37-32(24-45(44-37)33-13-9-6-10-14-33)23-35-39(47)46-38(30-15-17-31(18-16-30)40(48)50-4)36(27(3)43-42(46)53-35)41(49)51-25-28-11-7-5-8-12-28/h5-24,26,38H,25H2,1-4H3. The van der Waals surface area contributed by atoms with Crippen LogP contribution in [0.4, 0.5) is 0 Å². The first-order valence-corrected chi connectivity index (χ1v) is 17.9. The topological polar surface area (TPSA) is 114 Å². The van der Waals surface area contributed by atoms with Crippen LogP contribution in [0.25, 0.3) is 23.0 Å². The molecule has 1 unspecified atom stereocenters. The van der Waals surface area contributed by atoms with Crippen molar-refractivity contribution in [1.82, 2.24) is 14.3 Å². The Kier molecular flexibility index (Phi) is 10.0. The molecule has 3 heterocycles. The molecule has 0 N–H and O–H groups in total. The lowest BCUT2D eigenvalue weighted by Crippen LogP contribution is -2.39. The van der Waals surface area contributed by atoms with Crippen LogP contribution in [0.2, 0.25) is 0 Å². The summed E-state index contributed by atoms with van der Waals surface area (Å²) in [5.74, 6) is -0.347. The molecule has 6 aromatic rings. The minimum Gasteiger partial charge on any atom is -0.491 e. The van der Waals surface area contributed by atoms with Crippen LogP contribution in [0.3, 0.4) is 0 Å². The molecule has 4 aromatic carbocycles. The second kappa shape index (κ2) is 15.1. The van der Waals surface area contributed by atoms with E-state index in [1.165, 1.54) is 23.0 Å². The number of allylic oxidation sites excluding steroid dienone is 1. The van der Waals surface area contributed by atoms with Crippen molar-refractivity contribution in [3.05, 3.63) is 169 Å². The van der Waals surface area contributed by atoms with Crippen molar-refractivity contribution in [1.29, 1.82) is 0 Å². The smallest absolute Gasteiger partial charge is 0.338 e. The predicted molar refractivity (Wildman–Crippen MR) is 203 cm³/mol. The van der Waals surface area contributed by atoms with Crippen molar-refractivity contribution >= 4 is 29.4 Å². The third-order valence-electron chi connectivity index (χ3n) is 8.65. The molecule has 1 aliphatic rings. The number of methoxy groups -OCH3 is 1. The fourth-order valence-electron chi connectivity index (χ4n) is 6.15. The molecule has 1 aliphatic heterocycles. The molecule has 0 amide bonds. The second-order valence-corrected chi connectivity index (χ2v) is 13.7. The number of carbonyl (C=O) groups excluding carboxylic acids is 2. The zero-order valence-corrected chi connectivity index (χ0v) is 30.4. The molecule has 53 heavy (non-hydrogen) atoms. The van der Waals surface area contributed by atoms with Crippen LogP contribution >= 0.6 is 11.3 Å². The Hall–Kier alpha value is -6.33. The van der Waals surface area contributed by atoms with E-state index in [0.29, 0.717) is 37.4 Å².